The van der Waals surface area contributed by atoms with E-state index in [4.69, 9.17) is 0 Å². The Morgan fingerprint density at radius 3 is 2.44 bits per heavy atom. The third-order valence-electron chi connectivity index (χ3n) is 4.01. The van der Waals surface area contributed by atoms with E-state index in [2.05, 4.69) is 39.4 Å². The molecule has 7 heteroatoms. The fourth-order valence-corrected chi connectivity index (χ4v) is 3.65. The minimum atomic E-state index is -0.0703. The quantitative estimate of drug-likeness (QED) is 0.704. The Hall–Kier alpha value is -2.67. The van der Waals surface area contributed by atoms with Crippen LogP contribution in [0.3, 0.4) is 0 Å². The highest BCUT2D eigenvalue weighted by Gasteiger charge is 2.14. The number of benzene rings is 1. The summed E-state index contributed by atoms with van der Waals surface area (Å²) in [5.41, 5.74) is 5.00. The lowest BCUT2D eigenvalue weighted by Gasteiger charge is -2.09. The Labute approximate surface area is 163 Å². The Morgan fingerprint density at radius 1 is 1.04 bits per heavy atom. The Morgan fingerprint density at radius 2 is 1.74 bits per heavy atom. The fraction of sp³-hybridized carbons (Fsp3) is 0.300. The number of hydrogen-bond donors (Lipinski definition) is 1. The van der Waals surface area contributed by atoms with Gasteiger partial charge >= 0.3 is 0 Å². The first-order valence-corrected chi connectivity index (χ1v) is 9.89. The zero-order valence-electron chi connectivity index (χ0n) is 16.0. The van der Waals surface area contributed by atoms with Gasteiger partial charge in [-0.05, 0) is 44.9 Å². The van der Waals surface area contributed by atoms with E-state index in [9.17, 15) is 4.79 Å². The second kappa shape index (κ2) is 8.35. The van der Waals surface area contributed by atoms with Crippen molar-refractivity contribution in [3.05, 3.63) is 64.6 Å². The summed E-state index contributed by atoms with van der Waals surface area (Å²) in [5, 5.41) is 7.36. The highest BCUT2D eigenvalue weighted by molar-refractivity contribution is 7.99. The SMILES string of the molecule is Cc1cc(C)nc(-n2nc(C)cc2NC(=O)CSCc2ccccc2C)n1. The molecule has 6 nitrogen and oxygen atoms in total. The van der Waals surface area contributed by atoms with E-state index in [-0.39, 0.29) is 5.91 Å². The average molecular weight is 382 g/mol. The Kier molecular flexibility index (Phi) is 5.91. The average Bonchev–Trinajstić information content (AvgIpc) is 2.96. The van der Waals surface area contributed by atoms with Crippen LogP contribution in [0, 0.1) is 27.7 Å². The number of hydrogen-bond acceptors (Lipinski definition) is 5. The number of aromatic nitrogens is 4. The first kappa shape index (κ1) is 19.1. The zero-order valence-corrected chi connectivity index (χ0v) is 16.8. The number of amides is 1. The van der Waals surface area contributed by atoms with E-state index < -0.39 is 0 Å². The van der Waals surface area contributed by atoms with Gasteiger partial charge in [0.05, 0.1) is 11.4 Å². The van der Waals surface area contributed by atoms with Crippen molar-refractivity contribution in [2.45, 2.75) is 33.4 Å². The largest absolute Gasteiger partial charge is 0.310 e. The van der Waals surface area contributed by atoms with E-state index in [1.165, 1.54) is 11.1 Å². The molecule has 27 heavy (non-hydrogen) atoms. The highest BCUT2D eigenvalue weighted by atomic mass is 32.2. The van der Waals surface area contributed by atoms with Gasteiger partial charge in [-0.1, -0.05) is 24.3 Å². The lowest BCUT2D eigenvalue weighted by molar-refractivity contribution is -0.113. The smallest absolute Gasteiger partial charge is 0.252 e. The van der Waals surface area contributed by atoms with Crippen molar-refractivity contribution in [1.29, 1.82) is 0 Å². The van der Waals surface area contributed by atoms with Crippen LogP contribution in [-0.2, 0) is 10.5 Å². The summed E-state index contributed by atoms with van der Waals surface area (Å²) in [4.78, 5) is 21.3. The van der Waals surface area contributed by atoms with Crippen molar-refractivity contribution < 1.29 is 4.79 Å². The number of carbonyl (C=O) groups excluding carboxylic acids is 1. The topological polar surface area (TPSA) is 72.7 Å². The molecule has 1 aromatic carbocycles. The van der Waals surface area contributed by atoms with E-state index in [0.29, 0.717) is 17.5 Å². The second-order valence-corrected chi connectivity index (χ2v) is 7.49. The summed E-state index contributed by atoms with van der Waals surface area (Å²) < 4.78 is 1.58. The fourth-order valence-electron chi connectivity index (χ4n) is 2.75. The van der Waals surface area contributed by atoms with Gasteiger partial charge in [-0.25, -0.2) is 9.97 Å². The van der Waals surface area contributed by atoms with Gasteiger partial charge in [0.25, 0.3) is 5.95 Å². The van der Waals surface area contributed by atoms with Gasteiger partial charge < -0.3 is 5.32 Å². The minimum absolute atomic E-state index is 0.0703. The van der Waals surface area contributed by atoms with E-state index >= 15 is 0 Å². The predicted molar refractivity (Wildman–Crippen MR) is 109 cm³/mol. The van der Waals surface area contributed by atoms with E-state index in [1.807, 2.05) is 45.0 Å². The molecular weight excluding hydrogens is 358 g/mol. The molecule has 2 heterocycles. The molecule has 2 aromatic heterocycles. The standard InChI is InChI=1S/C20H23N5OS/c1-13-7-5-6-8-17(13)11-27-12-19(26)23-18-10-16(4)24-25(18)20-21-14(2)9-15(3)22-20/h5-10H,11-12H2,1-4H3,(H,23,26). The maximum absolute atomic E-state index is 12.4. The van der Waals surface area contributed by atoms with Crippen LogP contribution in [0.5, 0.6) is 0 Å². The number of thioether (sulfide) groups is 1. The number of rotatable bonds is 6. The predicted octanol–water partition coefficient (Wildman–Crippen LogP) is 3.77. The lowest BCUT2D eigenvalue weighted by atomic mass is 10.1. The van der Waals surface area contributed by atoms with Gasteiger partial charge in [0.1, 0.15) is 5.82 Å². The summed E-state index contributed by atoms with van der Waals surface area (Å²) in [6.07, 6.45) is 0. The Bertz CT molecular complexity index is 947. The van der Waals surface area contributed by atoms with Gasteiger partial charge in [-0.3, -0.25) is 4.79 Å². The molecule has 0 bridgehead atoms. The molecule has 0 aliphatic carbocycles. The molecule has 1 amide bonds. The number of nitrogens with zero attached hydrogens (tertiary/aromatic N) is 4. The van der Waals surface area contributed by atoms with Crippen LogP contribution in [0.4, 0.5) is 5.82 Å². The van der Waals surface area contributed by atoms with Gasteiger partial charge in [-0.2, -0.15) is 9.78 Å². The summed E-state index contributed by atoms with van der Waals surface area (Å²) in [6.45, 7) is 7.78. The first-order chi connectivity index (χ1) is 12.9. The molecule has 140 valence electrons. The molecule has 0 fully saturated rings. The third-order valence-corrected chi connectivity index (χ3v) is 4.99. The molecule has 0 saturated heterocycles. The normalized spacial score (nSPS) is 10.8. The van der Waals surface area contributed by atoms with Crippen LogP contribution < -0.4 is 5.32 Å². The number of aryl methyl sites for hydroxylation is 4. The maximum atomic E-state index is 12.4. The van der Waals surface area contributed by atoms with Crippen LogP contribution in [0.1, 0.15) is 28.2 Å². The van der Waals surface area contributed by atoms with Crippen molar-refractivity contribution in [3.8, 4) is 5.95 Å². The number of anilines is 1. The van der Waals surface area contributed by atoms with Gasteiger partial charge in [0, 0.05) is 23.2 Å². The van der Waals surface area contributed by atoms with Crippen LogP contribution in [0.25, 0.3) is 5.95 Å². The molecule has 3 aromatic rings. The van der Waals surface area contributed by atoms with Crippen molar-refractivity contribution in [3.63, 3.8) is 0 Å². The summed E-state index contributed by atoms with van der Waals surface area (Å²) in [7, 11) is 0. The molecule has 0 spiro atoms. The van der Waals surface area contributed by atoms with Crippen LogP contribution in [-0.4, -0.2) is 31.4 Å². The summed E-state index contributed by atoms with van der Waals surface area (Å²) >= 11 is 1.59. The molecular formula is C20H23N5OS. The van der Waals surface area contributed by atoms with Crippen molar-refractivity contribution >= 4 is 23.5 Å². The molecule has 0 radical (unpaired) electrons. The van der Waals surface area contributed by atoms with Crippen LogP contribution in [0.2, 0.25) is 0 Å². The molecule has 0 unspecified atom stereocenters. The van der Waals surface area contributed by atoms with E-state index in [0.717, 1.165) is 22.8 Å². The molecule has 0 atom stereocenters. The molecule has 0 aliphatic rings. The van der Waals surface area contributed by atoms with Crippen molar-refractivity contribution in [1.82, 2.24) is 19.7 Å². The lowest BCUT2D eigenvalue weighted by Crippen LogP contribution is -2.18. The monoisotopic (exact) mass is 381 g/mol. The molecule has 3 rings (SSSR count). The van der Waals surface area contributed by atoms with Crippen molar-refractivity contribution in [2.75, 3.05) is 11.1 Å². The summed E-state index contributed by atoms with van der Waals surface area (Å²) in [6, 6.07) is 11.9. The van der Waals surface area contributed by atoms with Gasteiger partial charge in [0.15, 0.2) is 0 Å². The third kappa shape index (κ3) is 4.95. The first-order valence-electron chi connectivity index (χ1n) is 8.74. The van der Waals surface area contributed by atoms with Crippen molar-refractivity contribution in [2.24, 2.45) is 0 Å². The Balaban J connectivity index is 1.67. The number of carbonyl (C=O) groups is 1. The highest BCUT2D eigenvalue weighted by Crippen LogP contribution is 2.18. The molecule has 0 aliphatic heterocycles. The molecule has 0 saturated carbocycles. The van der Waals surface area contributed by atoms with E-state index in [1.54, 1.807) is 16.4 Å². The maximum Gasteiger partial charge on any atom is 0.252 e. The van der Waals surface area contributed by atoms with Gasteiger partial charge in [0.2, 0.25) is 5.91 Å². The summed E-state index contributed by atoms with van der Waals surface area (Å²) in [5.74, 6) is 2.15. The molecule has 1 N–H and O–H groups in total. The number of nitrogens with one attached hydrogen (secondary N) is 1. The second-order valence-electron chi connectivity index (χ2n) is 6.50. The van der Waals surface area contributed by atoms with Crippen LogP contribution >= 0.6 is 11.8 Å². The zero-order chi connectivity index (χ0) is 19.4. The van der Waals surface area contributed by atoms with Crippen LogP contribution in [0.15, 0.2) is 36.4 Å². The van der Waals surface area contributed by atoms with Gasteiger partial charge in [-0.15, -0.1) is 11.8 Å². The minimum Gasteiger partial charge on any atom is -0.310 e.